The van der Waals surface area contributed by atoms with E-state index in [9.17, 15) is 13.6 Å². The zero-order chi connectivity index (χ0) is 14.8. The van der Waals surface area contributed by atoms with Gasteiger partial charge in [-0.05, 0) is 42.0 Å². The molecular weight excluding hydrogens is 272 g/mol. The van der Waals surface area contributed by atoms with Gasteiger partial charge in [-0.25, -0.2) is 8.78 Å². The first-order chi connectivity index (χ1) is 10.1. The molecule has 0 unspecified atom stereocenters. The van der Waals surface area contributed by atoms with Crippen LogP contribution >= 0.6 is 0 Å². The molecule has 0 radical (unpaired) electrons. The minimum absolute atomic E-state index is 0.0412. The molecule has 0 aliphatic rings. The summed E-state index contributed by atoms with van der Waals surface area (Å²) in [6, 6.07) is 11.9. The van der Waals surface area contributed by atoms with E-state index in [0.717, 1.165) is 17.0 Å². The van der Waals surface area contributed by atoms with Crippen LogP contribution in [-0.4, -0.2) is 10.8 Å². The van der Waals surface area contributed by atoms with Gasteiger partial charge in [0.15, 0.2) is 5.78 Å². The van der Waals surface area contributed by atoms with Crippen molar-refractivity contribution in [3.05, 3.63) is 77.5 Å². The van der Waals surface area contributed by atoms with Crippen LogP contribution in [0.3, 0.4) is 0 Å². The number of hydrogen-bond donors (Lipinski definition) is 0. The maximum absolute atomic E-state index is 13.1. The van der Waals surface area contributed by atoms with E-state index in [0.29, 0.717) is 11.1 Å². The molecular formula is C17H11F2NO. The molecule has 0 fully saturated rings. The topological polar surface area (TPSA) is 30.0 Å². The van der Waals surface area contributed by atoms with Crippen LogP contribution < -0.4 is 0 Å². The van der Waals surface area contributed by atoms with Gasteiger partial charge in [0.2, 0.25) is 0 Å². The third-order valence-corrected chi connectivity index (χ3v) is 3.21. The second-order valence-corrected chi connectivity index (χ2v) is 4.79. The van der Waals surface area contributed by atoms with Crippen molar-refractivity contribution in [3.63, 3.8) is 0 Å². The molecule has 0 aliphatic heterocycles. The lowest BCUT2D eigenvalue weighted by molar-refractivity contribution is 0.0993. The lowest BCUT2D eigenvalue weighted by Gasteiger charge is -2.04. The van der Waals surface area contributed by atoms with Gasteiger partial charge in [-0.2, -0.15) is 0 Å². The van der Waals surface area contributed by atoms with Crippen molar-refractivity contribution in [2.24, 2.45) is 0 Å². The molecule has 0 amide bonds. The van der Waals surface area contributed by atoms with E-state index in [4.69, 9.17) is 0 Å². The fourth-order valence-corrected chi connectivity index (χ4v) is 2.25. The van der Waals surface area contributed by atoms with Gasteiger partial charge in [0, 0.05) is 29.6 Å². The van der Waals surface area contributed by atoms with E-state index >= 15 is 0 Å². The summed E-state index contributed by atoms with van der Waals surface area (Å²) >= 11 is 0. The minimum atomic E-state index is -0.680. The van der Waals surface area contributed by atoms with Crippen LogP contribution in [-0.2, 0) is 6.42 Å². The molecule has 0 bridgehead atoms. The summed E-state index contributed by atoms with van der Waals surface area (Å²) in [5.74, 6) is -1.55. The zero-order valence-corrected chi connectivity index (χ0v) is 11.0. The molecule has 2 nitrogen and oxygen atoms in total. The highest BCUT2D eigenvalue weighted by Crippen LogP contribution is 2.16. The Morgan fingerprint density at radius 1 is 1.00 bits per heavy atom. The molecule has 0 saturated carbocycles. The second-order valence-electron chi connectivity index (χ2n) is 4.79. The van der Waals surface area contributed by atoms with Gasteiger partial charge in [-0.1, -0.05) is 6.07 Å². The maximum Gasteiger partial charge on any atom is 0.167 e. The van der Waals surface area contributed by atoms with Crippen LogP contribution in [0.15, 0.2) is 54.7 Å². The highest BCUT2D eigenvalue weighted by Gasteiger charge is 2.10. The lowest BCUT2D eigenvalue weighted by Crippen LogP contribution is -2.04. The van der Waals surface area contributed by atoms with E-state index in [1.165, 1.54) is 12.1 Å². The average molecular weight is 283 g/mol. The maximum atomic E-state index is 13.1. The number of halogens is 2. The molecule has 3 aromatic rings. The smallest absolute Gasteiger partial charge is 0.167 e. The summed E-state index contributed by atoms with van der Waals surface area (Å²) in [6.07, 6.45) is 1.64. The average Bonchev–Trinajstić information content (AvgIpc) is 2.45. The molecule has 1 aromatic heterocycles. The predicted octanol–water partition coefficient (Wildman–Crippen LogP) is 3.94. The van der Waals surface area contributed by atoms with E-state index in [-0.39, 0.29) is 12.2 Å². The first kappa shape index (κ1) is 13.4. The zero-order valence-electron chi connectivity index (χ0n) is 11.0. The summed E-state index contributed by atoms with van der Waals surface area (Å²) in [5.41, 5.74) is 1.62. The lowest BCUT2D eigenvalue weighted by atomic mass is 10.0. The van der Waals surface area contributed by atoms with Gasteiger partial charge in [-0.3, -0.25) is 9.78 Å². The summed E-state index contributed by atoms with van der Waals surface area (Å²) < 4.78 is 26.3. The highest BCUT2D eigenvalue weighted by molar-refractivity contribution is 6.00. The normalized spacial score (nSPS) is 10.8. The second kappa shape index (κ2) is 5.40. The molecule has 4 heteroatoms. The Kier molecular flexibility index (Phi) is 3.44. The van der Waals surface area contributed by atoms with Gasteiger partial charge in [0.05, 0.1) is 5.52 Å². The Hall–Kier alpha value is -2.62. The number of rotatable bonds is 3. The minimum Gasteiger partial charge on any atom is -0.294 e. The quantitative estimate of drug-likeness (QED) is 0.681. The molecule has 0 atom stereocenters. The number of nitrogens with zero attached hydrogens (tertiary/aromatic N) is 1. The number of pyridine rings is 1. The number of hydrogen-bond acceptors (Lipinski definition) is 2. The van der Waals surface area contributed by atoms with Crippen molar-refractivity contribution in [1.29, 1.82) is 0 Å². The molecule has 21 heavy (non-hydrogen) atoms. The van der Waals surface area contributed by atoms with Crippen LogP contribution in [0, 0.1) is 11.6 Å². The Labute approximate surface area is 120 Å². The van der Waals surface area contributed by atoms with Crippen molar-refractivity contribution < 1.29 is 13.6 Å². The van der Waals surface area contributed by atoms with Crippen molar-refractivity contribution in [2.45, 2.75) is 6.42 Å². The monoisotopic (exact) mass is 283 g/mol. The van der Waals surface area contributed by atoms with Crippen molar-refractivity contribution >= 4 is 16.7 Å². The molecule has 0 aliphatic carbocycles. The molecule has 0 spiro atoms. The van der Waals surface area contributed by atoms with E-state index < -0.39 is 11.6 Å². The fourth-order valence-electron chi connectivity index (χ4n) is 2.25. The van der Waals surface area contributed by atoms with Gasteiger partial charge >= 0.3 is 0 Å². The molecule has 2 aromatic carbocycles. The number of carbonyl (C=O) groups is 1. The fraction of sp³-hybridized carbons (Fsp3) is 0.0588. The number of benzene rings is 2. The standard InChI is InChI=1S/C17H11F2NO/c18-14-6-11(7-15(19)10-14)8-17(21)13-3-4-16-12(9-13)2-1-5-20-16/h1-7,9-10H,8H2. The van der Waals surface area contributed by atoms with Crippen LogP contribution in [0.5, 0.6) is 0 Å². The van der Waals surface area contributed by atoms with Crippen LogP contribution in [0.1, 0.15) is 15.9 Å². The third-order valence-electron chi connectivity index (χ3n) is 3.21. The van der Waals surface area contributed by atoms with E-state index in [1.54, 1.807) is 30.5 Å². The van der Waals surface area contributed by atoms with Crippen LogP contribution in [0.4, 0.5) is 8.78 Å². The number of Topliss-reactive ketones (excluding diaryl/α,β-unsaturated/α-hetero) is 1. The SMILES string of the molecule is O=C(Cc1cc(F)cc(F)c1)c1ccc2ncccc2c1. The largest absolute Gasteiger partial charge is 0.294 e. The molecule has 3 rings (SSSR count). The van der Waals surface area contributed by atoms with Crippen molar-refractivity contribution in [3.8, 4) is 0 Å². The molecule has 1 heterocycles. The van der Waals surface area contributed by atoms with E-state index in [2.05, 4.69) is 4.98 Å². The van der Waals surface area contributed by atoms with Crippen LogP contribution in [0.2, 0.25) is 0 Å². The number of carbonyl (C=O) groups excluding carboxylic acids is 1. The Balaban J connectivity index is 1.89. The van der Waals surface area contributed by atoms with Gasteiger partial charge in [0.25, 0.3) is 0 Å². The van der Waals surface area contributed by atoms with Crippen LogP contribution in [0.25, 0.3) is 10.9 Å². The highest BCUT2D eigenvalue weighted by atomic mass is 19.1. The van der Waals surface area contributed by atoms with E-state index in [1.807, 2.05) is 6.07 Å². The summed E-state index contributed by atoms with van der Waals surface area (Å²) in [7, 11) is 0. The molecule has 0 N–H and O–H groups in total. The number of aromatic nitrogens is 1. The third kappa shape index (κ3) is 2.94. The van der Waals surface area contributed by atoms with Crippen molar-refractivity contribution in [2.75, 3.05) is 0 Å². The number of ketones is 1. The predicted molar refractivity (Wildman–Crippen MR) is 76.1 cm³/mol. The Morgan fingerprint density at radius 3 is 2.52 bits per heavy atom. The molecule has 0 saturated heterocycles. The van der Waals surface area contributed by atoms with Gasteiger partial charge < -0.3 is 0 Å². The molecule has 104 valence electrons. The first-order valence-corrected chi connectivity index (χ1v) is 6.45. The van der Waals surface area contributed by atoms with Gasteiger partial charge in [-0.15, -0.1) is 0 Å². The Bertz CT molecular complexity index is 810. The summed E-state index contributed by atoms with van der Waals surface area (Å²) in [5, 5.41) is 0.855. The van der Waals surface area contributed by atoms with Crippen molar-refractivity contribution in [1.82, 2.24) is 4.98 Å². The summed E-state index contributed by atoms with van der Waals surface area (Å²) in [6.45, 7) is 0. The first-order valence-electron chi connectivity index (χ1n) is 6.45. The van der Waals surface area contributed by atoms with Gasteiger partial charge in [0.1, 0.15) is 11.6 Å². The summed E-state index contributed by atoms with van der Waals surface area (Å²) in [4.78, 5) is 16.4. The number of fused-ring (bicyclic) bond motifs is 1. The Morgan fingerprint density at radius 2 is 1.76 bits per heavy atom.